The third-order valence-corrected chi connectivity index (χ3v) is 4.33. The molecule has 3 unspecified atom stereocenters. The van der Waals surface area contributed by atoms with Crippen molar-refractivity contribution in [1.82, 2.24) is 4.90 Å². The van der Waals surface area contributed by atoms with E-state index in [1.54, 1.807) is 7.11 Å². The molecule has 0 heterocycles. The van der Waals surface area contributed by atoms with Crippen molar-refractivity contribution in [3.63, 3.8) is 0 Å². The quantitative estimate of drug-likeness (QED) is 0.737. The molecule has 19 heavy (non-hydrogen) atoms. The highest BCUT2D eigenvalue weighted by Crippen LogP contribution is 2.30. The molecular formula is C16H34N2O. The number of nitrogens with two attached hydrogens (primary N) is 1. The second-order valence-corrected chi connectivity index (χ2v) is 6.58. The van der Waals surface area contributed by atoms with E-state index in [9.17, 15) is 0 Å². The zero-order chi connectivity index (χ0) is 14.3. The Bertz CT molecular complexity index is 233. The van der Waals surface area contributed by atoms with E-state index in [1.165, 1.54) is 32.1 Å². The Balaban J connectivity index is 2.61. The lowest BCUT2D eigenvalue weighted by atomic mass is 9.79. The van der Waals surface area contributed by atoms with Crippen LogP contribution in [0.1, 0.15) is 52.9 Å². The zero-order valence-corrected chi connectivity index (χ0v) is 13.4. The highest BCUT2D eigenvalue weighted by atomic mass is 16.5. The average molecular weight is 270 g/mol. The van der Waals surface area contributed by atoms with E-state index in [4.69, 9.17) is 10.5 Å². The fraction of sp³-hybridized carbons (Fsp3) is 1.00. The van der Waals surface area contributed by atoms with Gasteiger partial charge in [-0.1, -0.05) is 33.6 Å². The Labute approximate surface area is 119 Å². The molecule has 3 heteroatoms. The van der Waals surface area contributed by atoms with Crippen LogP contribution in [0.5, 0.6) is 0 Å². The topological polar surface area (TPSA) is 38.5 Å². The van der Waals surface area contributed by atoms with Crippen molar-refractivity contribution in [1.29, 1.82) is 0 Å². The maximum Gasteiger partial charge on any atom is 0.0589 e. The van der Waals surface area contributed by atoms with Crippen molar-refractivity contribution in [2.24, 2.45) is 17.6 Å². The lowest BCUT2D eigenvalue weighted by Crippen LogP contribution is -2.53. The molecule has 0 aromatic heterocycles. The molecule has 1 saturated carbocycles. The molecule has 0 bridgehead atoms. The number of methoxy groups -OCH3 is 1. The number of hydrogen-bond acceptors (Lipinski definition) is 3. The van der Waals surface area contributed by atoms with Gasteiger partial charge in [-0.2, -0.15) is 0 Å². The first-order valence-corrected chi connectivity index (χ1v) is 8.07. The van der Waals surface area contributed by atoms with E-state index in [0.29, 0.717) is 18.0 Å². The monoisotopic (exact) mass is 270 g/mol. The molecule has 3 nitrogen and oxygen atoms in total. The molecule has 2 N–H and O–H groups in total. The Morgan fingerprint density at radius 2 is 2.05 bits per heavy atom. The van der Waals surface area contributed by atoms with Gasteiger partial charge in [0, 0.05) is 32.3 Å². The van der Waals surface area contributed by atoms with Crippen LogP contribution in [0.25, 0.3) is 0 Å². The maximum absolute atomic E-state index is 6.40. The van der Waals surface area contributed by atoms with Crippen LogP contribution in [0, 0.1) is 11.8 Å². The SMILES string of the molecule is CCCC1CCC(N)C(N(CCOC)CC(C)C)C1. The molecule has 3 atom stereocenters. The zero-order valence-electron chi connectivity index (χ0n) is 13.4. The molecule has 1 aliphatic rings. The summed E-state index contributed by atoms with van der Waals surface area (Å²) in [5.74, 6) is 1.57. The highest BCUT2D eigenvalue weighted by Gasteiger charge is 2.32. The normalized spacial score (nSPS) is 28.3. The van der Waals surface area contributed by atoms with Gasteiger partial charge in [0.1, 0.15) is 0 Å². The summed E-state index contributed by atoms with van der Waals surface area (Å²) in [6.07, 6.45) is 6.46. The van der Waals surface area contributed by atoms with Gasteiger partial charge >= 0.3 is 0 Å². The fourth-order valence-corrected chi connectivity index (χ4v) is 3.42. The standard InChI is InChI=1S/C16H34N2O/c1-5-6-14-7-8-15(17)16(11-14)18(9-10-19-4)12-13(2)3/h13-16H,5-12,17H2,1-4H3. The summed E-state index contributed by atoms with van der Waals surface area (Å²) in [5, 5.41) is 0. The predicted octanol–water partition coefficient (Wildman–Crippen LogP) is 2.89. The van der Waals surface area contributed by atoms with Crippen molar-refractivity contribution in [2.45, 2.75) is 65.0 Å². The number of rotatable bonds is 8. The third kappa shape index (κ3) is 5.80. The molecule has 0 aromatic carbocycles. The van der Waals surface area contributed by atoms with Crippen LogP contribution in [-0.4, -0.2) is 43.8 Å². The van der Waals surface area contributed by atoms with Crippen LogP contribution >= 0.6 is 0 Å². The van der Waals surface area contributed by atoms with Gasteiger partial charge in [-0.25, -0.2) is 0 Å². The summed E-state index contributed by atoms with van der Waals surface area (Å²) in [5.41, 5.74) is 6.40. The second kappa shape index (κ2) is 8.93. The van der Waals surface area contributed by atoms with Crippen LogP contribution < -0.4 is 5.73 Å². The van der Waals surface area contributed by atoms with Crippen molar-refractivity contribution < 1.29 is 4.74 Å². The largest absolute Gasteiger partial charge is 0.383 e. The Morgan fingerprint density at radius 3 is 2.63 bits per heavy atom. The summed E-state index contributed by atoms with van der Waals surface area (Å²) in [6.45, 7) is 9.84. The van der Waals surface area contributed by atoms with E-state index in [1.807, 2.05) is 0 Å². The Kier molecular flexibility index (Phi) is 7.96. The highest BCUT2D eigenvalue weighted by molar-refractivity contribution is 4.89. The molecule has 0 saturated heterocycles. The molecule has 114 valence electrons. The van der Waals surface area contributed by atoms with Crippen LogP contribution in [0.4, 0.5) is 0 Å². The van der Waals surface area contributed by atoms with Gasteiger partial charge in [-0.05, 0) is 31.1 Å². The minimum atomic E-state index is 0.351. The van der Waals surface area contributed by atoms with E-state index in [-0.39, 0.29) is 0 Å². The van der Waals surface area contributed by atoms with Crippen molar-refractivity contribution in [2.75, 3.05) is 26.8 Å². The lowest BCUT2D eigenvalue weighted by Gasteiger charge is -2.42. The van der Waals surface area contributed by atoms with Gasteiger partial charge in [-0.3, -0.25) is 4.90 Å². The molecule has 1 fully saturated rings. The van der Waals surface area contributed by atoms with Gasteiger partial charge in [0.25, 0.3) is 0 Å². The molecule has 0 spiro atoms. The van der Waals surface area contributed by atoms with Gasteiger partial charge in [0.05, 0.1) is 6.61 Å². The van der Waals surface area contributed by atoms with E-state index in [2.05, 4.69) is 25.7 Å². The molecule has 0 aromatic rings. The number of hydrogen-bond donors (Lipinski definition) is 1. The fourth-order valence-electron chi connectivity index (χ4n) is 3.42. The summed E-state index contributed by atoms with van der Waals surface area (Å²) in [7, 11) is 1.79. The van der Waals surface area contributed by atoms with Gasteiger partial charge in [0.15, 0.2) is 0 Å². The van der Waals surface area contributed by atoms with E-state index in [0.717, 1.165) is 25.6 Å². The van der Waals surface area contributed by atoms with E-state index >= 15 is 0 Å². The van der Waals surface area contributed by atoms with E-state index < -0.39 is 0 Å². The van der Waals surface area contributed by atoms with Crippen molar-refractivity contribution >= 4 is 0 Å². The summed E-state index contributed by atoms with van der Waals surface area (Å²) < 4.78 is 5.27. The van der Waals surface area contributed by atoms with Crippen LogP contribution in [0.2, 0.25) is 0 Å². The van der Waals surface area contributed by atoms with Gasteiger partial charge in [0.2, 0.25) is 0 Å². The number of nitrogens with zero attached hydrogens (tertiary/aromatic N) is 1. The minimum absolute atomic E-state index is 0.351. The first-order chi connectivity index (χ1) is 9.08. The predicted molar refractivity (Wildman–Crippen MR) is 82.3 cm³/mol. The van der Waals surface area contributed by atoms with Gasteiger partial charge < -0.3 is 10.5 Å². The first-order valence-electron chi connectivity index (χ1n) is 8.07. The molecule has 0 aliphatic heterocycles. The maximum atomic E-state index is 6.40. The van der Waals surface area contributed by atoms with Crippen molar-refractivity contribution in [3.8, 4) is 0 Å². The molecular weight excluding hydrogens is 236 g/mol. The lowest BCUT2D eigenvalue weighted by molar-refractivity contribution is 0.0674. The van der Waals surface area contributed by atoms with Crippen LogP contribution in [-0.2, 0) is 4.74 Å². The molecule has 1 rings (SSSR count). The Morgan fingerprint density at radius 1 is 1.32 bits per heavy atom. The number of ether oxygens (including phenoxy) is 1. The summed E-state index contributed by atoms with van der Waals surface area (Å²) in [4.78, 5) is 2.58. The minimum Gasteiger partial charge on any atom is -0.383 e. The summed E-state index contributed by atoms with van der Waals surface area (Å²) >= 11 is 0. The van der Waals surface area contributed by atoms with Crippen LogP contribution in [0.3, 0.4) is 0 Å². The molecule has 1 aliphatic carbocycles. The first kappa shape index (κ1) is 16.9. The molecule has 0 amide bonds. The molecule has 0 radical (unpaired) electrons. The second-order valence-electron chi connectivity index (χ2n) is 6.58. The Hall–Kier alpha value is -0.120. The van der Waals surface area contributed by atoms with Crippen molar-refractivity contribution in [3.05, 3.63) is 0 Å². The van der Waals surface area contributed by atoms with Crippen LogP contribution in [0.15, 0.2) is 0 Å². The summed E-state index contributed by atoms with van der Waals surface area (Å²) in [6, 6.07) is 0.909. The average Bonchev–Trinajstić information content (AvgIpc) is 2.37. The van der Waals surface area contributed by atoms with Gasteiger partial charge in [-0.15, -0.1) is 0 Å². The third-order valence-electron chi connectivity index (χ3n) is 4.33. The smallest absolute Gasteiger partial charge is 0.0589 e.